The van der Waals surface area contributed by atoms with Crippen LogP contribution in [0.2, 0.25) is 0 Å². The Labute approximate surface area is 516 Å². The molecular weight excluding hydrogens is 1160 g/mol. The fraction of sp³-hybridized carbons (Fsp3) is 0.964. The Morgan fingerprint density at radius 1 is 0.635 bits per heavy atom. The van der Waals surface area contributed by atoms with Crippen LogP contribution in [0, 0.1) is 40.4 Å². The minimum absolute atomic E-state index is 0. The molecule has 10 aliphatic rings. The maximum Gasteiger partial charge on any atom is 1.00 e. The standard InChI is InChI=1S/C55H90O28S.Na/c1-19(2)43-47(79-43)55(8,68)31-10-9-25-24-16-28(27-15-23(83-84(69,70)71)11-13-53(27,6)26(24)12-14-54(25,31)7)76-50-42(67)44(34(59)22(5)75-50)80-51-45(81-48-40(65)37(62)32(57)20(3)73-48)36(61)30(18-72-51)78-52-46(39(64)35(60)29(17-56)77-52)82-49-41(66)38(63)33(58)21(4)74-49;/h12,19-25,27-52,56-68H,9-11,13-18H2,1-8H3,(H,69,70,71);/q;+1/p-1/t20?,21?,22?,23-,24?,25?,27?,28-,29?,30?,31-,32?,33?,34?,35?,36?,37?,38?,39?,40?,41?,42?,43-,44?,45?,46?,47?,48?,49?,50?,51?,52?,53+,54-,55+;/m0./s1. The molecule has 0 spiro atoms. The van der Waals surface area contributed by atoms with Crippen molar-refractivity contribution >= 4 is 10.4 Å². The van der Waals surface area contributed by atoms with Gasteiger partial charge in [0.05, 0.1) is 55.4 Å². The van der Waals surface area contributed by atoms with Crippen molar-refractivity contribution in [3.63, 3.8) is 0 Å². The second-order valence-electron chi connectivity index (χ2n) is 26.5. The van der Waals surface area contributed by atoms with Gasteiger partial charge in [-0.3, -0.25) is 4.18 Å². The van der Waals surface area contributed by atoms with Gasteiger partial charge in [0.2, 0.25) is 10.4 Å². The number of aliphatic hydroxyl groups excluding tert-OH is 12. The summed E-state index contributed by atoms with van der Waals surface area (Å²) in [4.78, 5) is 0. The Hall–Kier alpha value is -0.350. The van der Waals surface area contributed by atoms with Crippen LogP contribution in [0.1, 0.15) is 100 Å². The van der Waals surface area contributed by atoms with Gasteiger partial charge < -0.3 is 123 Å². The van der Waals surface area contributed by atoms with E-state index in [2.05, 4.69) is 33.8 Å². The molecule has 0 aromatic heterocycles. The minimum atomic E-state index is -5.12. The number of epoxide rings is 1. The van der Waals surface area contributed by atoms with Crippen LogP contribution in [-0.2, 0) is 66.7 Å². The Bertz CT molecular complexity index is 2410. The summed E-state index contributed by atoms with van der Waals surface area (Å²) in [5.41, 5.74) is -0.953. The molecule has 0 radical (unpaired) electrons. The van der Waals surface area contributed by atoms with E-state index in [-0.39, 0.29) is 83.7 Å². The molecule has 6 aliphatic heterocycles. The minimum Gasteiger partial charge on any atom is -0.726 e. The Morgan fingerprint density at radius 3 is 1.75 bits per heavy atom. The molecule has 85 heavy (non-hydrogen) atoms. The zero-order valence-electron chi connectivity index (χ0n) is 49.3. The second-order valence-corrected chi connectivity index (χ2v) is 27.5. The van der Waals surface area contributed by atoms with E-state index in [1.807, 2.05) is 6.92 Å². The molecule has 6 heterocycles. The van der Waals surface area contributed by atoms with E-state index in [0.29, 0.717) is 19.3 Å². The van der Waals surface area contributed by atoms with Gasteiger partial charge in [-0.25, -0.2) is 8.42 Å². The maximum absolute atomic E-state index is 12.4. The van der Waals surface area contributed by atoms with Crippen molar-refractivity contribution in [2.75, 3.05) is 13.2 Å². The third-order valence-electron chi connectivity index (χ3n) is 20.8. The molecule has 13 N–H and O–H groups in total. The van der Waals surface area contributed by atoms with Crippen molar-refractivity contribution in [1.29, 1.82) is 0 Å². The molecule has 30 heteroatoms. The van der Waals surface area contributed by atoms with E-state index in [4.69, 9.17) is 56.3 Å². The van der Waals surface area contributed by atoms with Crippen LogP contribution in [0.4, 0.5) is 0 Å². The molecule has 28 unspecified atom stereocenters. The SMILES string of the molecule is CC1OC(OC2C(OC3C(O)C(C)OC(O[C@H]4CC5C(=CC[C@@]6(C)C5CC[C@@H]6[C@@](C)(O)C5O[C@H]5C(C)C)[C@@]5(C)CC[C@H](OS(=O)(=O)[O-])CC45)C3O)OCC(OC3OC(CO)C(O)C(O)C3OC3OC(C)C(O)C(O)C3O)C2O)C(O)C(O)C1O.[Na+]. The average molecular weight is 1250 g/mol. The van der Waals surface area contributed by atoms with Gasteiger partial charge in [0.1, 0.15) is 104 Å². The molecule has 0 amide bonds. The predicted molar refractivity (Wildman–Crippen MR) is 278 cm³/mol. The van der Waals surface area contributed by atoms with Gasteiger partial charge in [0, 0.05) is 0 Å². The number of hydrogen-bond donors (Lipinski definition) is 13. The van der Waals surface area contributed by atoms with Gasteiger partial charge in [0.15, 0.2) is 31.5 Å². The zero-order chi connectivity index (χ0) is 61.2. The molecule has 6 saturated heterocycles. The number of fused-ring (bicyclic) bond motifs is 5. The molecule has 9 fully saturated rings. The summed E-state index contributed by atoms with van der Waals surface area (Å²) in [6, 6.07) is 0. The van der Waals surface area contributed by atoms with Gasteiger partial charge in [-0.2, -0.15) is 0 Å². The molecule has 35 atom stereocenters. The first-order chi connectivity index (χ1) is 39.3. The Morgan fingerprint density at radius 2 is 1.19 bits per heavy atom. The van der Waals surface area contributed by atoms with Crippen LogP contribution >= 0.6 is 0 Å². The number of hydrogen-bond acceptors (Lipinski definition) is 28. The second kappa shape index (κ2) is 26.2. The monoisotopic (exact) mass is 1250 g/mol. The first kappa shape index (κ1) is 69.0. The third kappa shape index (κ3) is 13.1. The van der Waals surface area contributed by atoms with Gasteiger partial charge in [-0.05, 0) is 113 Å². The van der Waals surface area contributed by atoms with E-state index in [1.54, 1.807) is 0 Å². The predicted octanol–water partition coefficient (Wildman–Crippen LogP) is -6.60. The number of aliphatic hydroxyl groups is 13. The first-order valence-electron chi connectivity index (χ1n) is 29.6. The van der Waals surface area contributed by atoms with Crippen molar-refractivity contribution in [3.05, 3.63) is 11.6 Å². The van der Waals surface area contributed by atoms with E-state index in [1.165, 1.54) is 26.3 Å². The summed E-state index contributed by atoms with van der Waals surface area (Å²) in [7, 11) is -5.12. The molecule has 3 saturated carbocycles. The zero-order valence-corrected chi connectivity index (χ0v) is 52.2. The quantitative estimate of drug-likeness (QED) is 0.0225. The average Bonchev–Trinajstić information content (AvgIpc) is 1.74. The fourth-order valence-electron chi connectivity index (χ4n) is 15.9. The van der Waals surface area contributed by atoms with Crippen LogP contribution < -0.4 is 29.6 Å². The molecule has 28 nitrogen and oxygen atoms in total. The number of allylic oxidation sites excluding steroid dienone is 2. The van der Waals surface area contributed by atoms with Crippen LogP contribution in [0.5, 0.6) is 0 Å². The van der Waals surface area contributed by atoms with Crippen molar-refractivity contribution in [3.8, 4) is 0 Å². The smallest absolute Gasteiger partial charge is 0.726 e. The van der Waals surface area contributed by atoms with Crippen molar-refractivity contribution in [2.45, 2.75) is 278 Å². The van der Waals surface area contributed by atoms with Gasteiger partial charge in [0.25, 0.3) is 0 Å². The summed E-state index contributed by atoms with van der Waals surface area (Å²) < 4.78 is 108. The molecular formula is C55H89NaO28S. The summed E-state index contributed by atoms with van der Waals surface area (Å²) in [6.45, 7) is 13.0. The van der Waals surface area contributed by atoms with Crippen molar-refractivity contribution < 1.29 is 165 Å². The molecule has 10 rings (SSSR count). The summed E-state index contributed by atoms with van der Waals surface area (Å²) >= 11 is 0. The topological polar surface area (TPSA) is 434 Å². The Balaban J connectivity index is 0.00000865. The van der Waals surface area contributed by atoms with E-state index < -0.39 is 200 Å². The Kier molecular flexibility index (Phi) is 21.3. The van der Waals surface area contributed by atoms with Crippen LogP contribution in [-0.4, -0.2) is 270 Å². The van der Waals surface area contributed by atoms with Crippen LogP contribution in [0.3, 0.4) is 0 Å². The van der Waals surface area contributed by atoms with Gasteiger partial charge in [-0.1, -0.05) is 39.3 Å². The molecule has 484 valence electrons. The van der Waals surface area contributed by atoms with E-state index >= 15 is 0 Å². The summed E-state index contributed by atoms with van der Waals surface area (Å²) in [6.07, 6.45) is -37.4. The maximum atomic E-state index is 12.4. The van der Waals surface area contributed by atoms with Gasteiger partial charge >= 0.3 is 29.6 Å². The van der Waals surface area contributed by atoms with Gasteiger partial charge in [-0.15, -0.1) is 0 Å². The molecule has 4 aliphatic carbocycles. The van der Waals surface area contributed by atoms with Crippen molar-refractivity contribution in [1.82, 2.24) is 0 Å². The number of rotatable bonds is 16. The molecule has 0 aromatic rings. The summed E-state index contributed by atoms with van der Waals surface area (Å²) in [5.74, 6) is -0.461. The molecule has 0 aromatic carbocycles. The van der Waals surface area contributed by atoms with E-state index in [9.17, 15) is 79.4 Å². The fourth-order valence-corrected chi connectivity index (χ4v) is 16.5. The van der Waals surface area contributed by atoms with E-state index in [0.717, 1.165) is 12.8 Å². The van der Waals surface area contributed by atoms with Crippen molar-refractivity contribution in [2.24, 2.45) is 40.4 Å². The normalized spacial score (nSPS) is 53.6. The first-order valence-corrected chi connectivity index (χ1v) is 31.0. The number of ether oxygens (including phenoxy) is 11. The van der Waals surface area contributed by atoms with Crippen LogP contribution in [0.15, 0.2) is 11.6 Å². The van der Waals surface area contributed by atoms with Crippen LogP contribution in [0.25, 0.3) is 0 Å². The largest absolute Gasteiger partial charge is 1.00 e. The molecule has 0 bridgehead atoms. The third-order valence-corrected chi connectivity index (χ3v) is 21.3. The summed E-state index contributed by atoms with van der Waals surface area (Å²) in [5, 5.41) is 145.